The Hall–Kier alpha value is -1.10. The van der Waals surface area contributed by atoms with Gasteiger partial charge in [-0.3, -0.25) is 10.7 Å². The Labute approximate surface area is 78.5 Å². The van der Waals surface area contributed by atoms with E-state index in [2.05, 4.69) is 20.6 Å². The lowest BCUT2D eigenvalue weighted by molar-refractivity contribution is 0.388. The van der Waals surface area contributed by atoms with Crippen molar-refractivity contribution < 1.29 is 0 Å². The molecule has 1 aliphatic heterocycles. The third-order valence-corrected chi connectivity index (χ3v) is 1.76. The van der Waals surface area contributed by atoms with Crippen LogP contribution in [0.5, 0.6) is 0 Å². The van der Waals surface area contributed by atoms with Crippen molar-refractivity contribution in [3.8, 4) is 0 Å². The van der Waals surface area contributed by atoms with Gasteiger partial charge in [-0.05, 0) is 13.8 Å². The van der Waals surface area contributed by atoms with Gasteiger partial charge in [0.25, 0.3) is 0 Å². The van der Waals surface area contributed by atoms with Crippen LogP contribution in [-0.4, -0.2) is 24.1 Å². The van der Waals surface area contributed by atoms with Crippen molar-refractivity contribution in [2.75, 3.05) is 0 Å². The Morgan fingerprint density at radius 1 is 1.69 bits per heavy atom. The Morgan fingerprint density at radius 3 is 2.92 bits per heavy atom. The topological polar surface area (TPSA) is 74.8 Å². The van der Waals surface area contributed by atoms with Crippen LogP contribution in [0.1, 0.15) is 27.2 Å². The van der Waals surface area contributed by atoms with Gasteiger partial charge < -0.3 is 10.6 Å². The molecular formula is C8H17N5. The summed E-state index contributed by atoms with van der Waals surface area (Å²) in [6.45, 7) is 5.99. The summed E-state index contributed by atoms with van der Waals surface area (Å²) in [7, 11) is 0. The SMILES string of the molecule is CCC1(N)N=CNC(=NC(C)C)N1. The molecule has 0 spiro atoms. The van der Waals surface area contributed by atoms with Gasteiger partial charge in [-0.25, -0.2) is 4.99 Å². The van der Waals surface area contributed by atoms with Crippen LogP contribution in [0.25, 0.3) is 0 Å². The molecule has 4 N–H and O–H groups in total. The fourth-order valence-corrected chi connectivity index (χ4v) is 0.989. The molecule has 5 nitrogen and oxygen atoms in total. The van der Waals surface area contributed by atoms with E-state index in [0.29, 0.717) is 5.96 Å². The van der Waals surface area contributed by atoms with Gasteiger partial charge in [-0.2, -0.15) is 0 Å². The van der Waals surface area contributed by atoms with Gasteiger partial charge in [0.2, 0.25) is 0 Å². The van der Waals surface area contributed by atoms with Crippen LogP contribution in [0.3, 0.4) is 0 Å². The zero-order chi connectivity index (χ0) is 9.90. The van der Waals surface area contributed by atoms with Crippen LogP contribution in [-0.2, 0) is 0 Å². The van der Waals surface area contributed by atoms with Crippen LogP contribution < -0.4 is 16.4 Å². The first-order chi connectivity index (χ1) is 6.06. The molecule has 0 aromatic carbocycles. The summed E-state index contributed by atoms with van der Waals surface area (Å²) >= 11 is 0. The molecule has 5 heteroatoms. The van der Waals surface area contributed by atoms with Gasteiger partial charge >= 0.3 is 0 Å². The normalized spacial score (nSPS) is 30.4. The summed E-state index contributed by atoms with van der Waals surface area (Å²) in [5.74, 6) is -0.00625. The Morgan fingerprint density at radius 2 is 2.38 bits per heavy atom. The number of hydrogen-bond acceptors (Lipinski definition) is 3. The quantitative estimate of drug-likeness (QED) is 0.564. The fraction of sp³-hybridized carbons (Fsp3) is 0.750. The van der Waals surface area contributed by atoms with E-state index >= 15 is 0 Å². The highest BCUT2D eigenvalue weighted by molar-refractivity contribution is 5.92. The molecule has 1 unspecified atom stereocenters. The summed E-state index contributed by atoms with van der Waals surface area (Å²) in [6, 6.07) is 0.239. The summed E-state index contributed by atoms with van der Waals surface area (Å²) < 4.78 is 0. The first-order valence-electron chi connectivity index (χ1n) is 4.51. The highest BCUT2D eigenvalue weighted by Crippen LogP contribution is 2.05. The number of guanidine groups is 1. The second kappa shape index (κ2) is 3.74. The minimum atomic E-state index is -0.695. The fourth-order valence-electron chi connectivity index (χ4n) is 0.989. The molecule has 0 radical (unpaired) electrons. The maximum Gasteiger partial charge on any atom is 0.199 e. The maximum absolute atomic E-state index is 5.89. The average Bonchev–Trinajstić information content (AvgIpc) is 2.03. The number of nitrogens with two attached hydrogens (primary N) is 1. The molecule has 0 aliphatic carbocycles. The van der Waals surface area contributed by atoms with E-state index in [1.807, 2.05) is 20.8 Å². The molecule has 1 aliphatic rings. The zero-order valence-electron chi connectivity index (χ0n) is 8.33. The molecule has 0 aromatic rings. The number of aliphatic imine (C=N–C) groups is 2. The first kappa shape index (κ1) is 9.98. The van der Waals surface area contributed by atoms with Gasteiger partial charge in [0.1, 0.15) is 0 Å². The smallest absolute Gasteiger partial charge is 0.199 e. The van der Waals surface area contributed by atoms with Gasteiger partial charge in [0, 0.05) is 12.5 Å². The monoisotopic (exact) mass is 183 g/mol. The summed E-state index contributed by atoms with van der Waals surface area (Å²) in [6.07, 6.45) is 2.31. The predicted octanol–water partition coefficient (Wildman–Crippen LogP) is -0.00560. The largest absolute Gasteiger partial charge is 0.320 e. The van der Waals surface area contributed by atoms with Gasteiger partial charge in [-0.15, -0.1) is 0 Å². The van der Waals surface area contributed by atoms with Crippen LogP contribution in [0.2, 0.25) is 0 Å². The molecule has 0 aromatic heterocycles. The van der Waals surface area contributed by atoms with E-state index < -0.39 is 5.79 Å². The molecule has 1 rings (SSSR count). The Kier molecular flexibility index (Phi) is 2.87. The Balaban J connectivity index is 2.71. The molecular weight excluding hydrogens is 166 g/mol. The second-order valence-electron chi connectivity index (χ2n) is 3.38. The number of nitrogens with one attached hydrogen (secondary N) is 2. The van der Waals surface area contributed by atoms with E-state index in [0.717, 1.165) is 6.42 Å². The predicted molar refractivity (Wildman–Crippen MR) is 54.5 cm³/mol. The van der Waals surface area contributed by atoms with Gasteiger partial charge in [0.05, 0.1) is 6.34 Å². The minimum absolute atomic E-state index is 0.239. The minimum Gasteiger partial charge on any atom is -0.320 e. The van der Waals surface area contributed by atoms with E-state index in [1.54, 1.807) is 6.34 Å². The zero-order valence-corrected chi connectivity index (χ0v) is 8.33. The van der Waals surface area contributed by atoms with E-state index in [9.17, 15) is 0 Å². The van der Waals surface area contributed by atoms with Crippen molar-refractivity contribution in [3.05, 3.63) is 0 Å². The highest BCUT2D eigenvalue weighted by Gasteiger charge is 2.24. The lowest BCUT2D eigenvalue weighted by Crippen LogP contribution is -2.60. The lowest BCUT2D eigenvalue weighted by Gasteiger charge is -2.30. The van der Waals surface area contributed by atoms with E-state index in [4.69, 9.17) is 5.73 Å². The summed E-state index contributed by atoms with van der Waals surface area (Å²) in [5, 5.41) is 5.94. The second-order valence-corrected chi connectivity index (χ2v) is 3.38. The van der Waals surface area contributed by atoms with E-state index in [-0.39, 0.29) is 6.04 Å². The molecule has 0 saturated carbocycles. The van der Waals surface area contributed by atoms with Gasteiger partial charge in [0.15, 0.2) is 11.7 Å². The maximum atomic E-state index is 5.89. The third-order valence-electron chi connectivity index (χ3n) is 1.76. The van der Waals surface area contributed by atoms with E-state index in [1.165, 1.54) is 0 Å². The Bertz CT molecular complexity index is 233. The van der Waals surface area contributed by atoms with Crippen LogP contribution >= 0.6 is 0 Å². The van der Waals surface area contributed by atoms with Crippen molar-refractivity contribution in [1.82, 2.24) is 10.6 Å². The molecule has 0 fully saturated rings. The molecule has 1 heterocycles. The number of hydrogen-bond donors (Lipinski definition) is 3. The number of rotatable bonds is 2. The third kappa shape index (κ3) is 2.69. The molecule has 74 valence electrons. The first-order valence-corrected chi connectivity index (χ1v) is 4.51. The molecule has 0 bridgehead atoms. The number of nitrogens with zero attached hydrogens (tertiary/aromatic N) is 2. The lowest BCUT2D eigenvalue weighted by atomic mass is 10.3. The van der Waals surface area contributed by atoms with Crippen molar-refractivity contribution in [3.63, 3.8) is 0 Å². The average molecular weight is 183 g/mol. The van der Waals surface area contributed by atoms with Crippen LogP contribution in [0.4, 0.5) is 0 Å². The van der Waals surface area contributed by atoms with Crippen molar-refractivity contribution in [2.24, 2.45) is 15.7 Å². The van der Waals surface area contributed by atoms with Crippen molar-refractivity contribution in [2.45, 2.75) is 39.0 Å². The molecule has 0 amide bonds. The summed E-state index contributed by atoms with van der Waals surface area (Å²) in [5.41, 5.74) is 5.89. The van der Waals surface area contributed by atoms with Crippen LogP contribution in [0, 0.1) is 0 Å². The summed E-state index contributed by atoms with van der Waals surface area (Å²) in [4.78, 5) is 8.39. The van der Waals surface area contributed by atoms with Crippen molar-refractivity contribution >= 4 is 12.3 Å². The standard InChI is InChI=1S/C8H17N5/c1-4-8(9)11-5-10-7(13-8)12-6(2)3/h5-6H,4,9H2,1-3H3,(H2,10,11,12,13). The molecule has 1 atom stereocenters. The molecule has 13 heavy (non-hydrogen) atoms. The van der Waals surface area contributed by atoms with Gasteiger partial charge in [-0.1, -0.05) is 6.92 Å². The molecule has 0 saturated heterocycles. The van der Waals surface area contributed by atoms with Crippen molar-refractivity contribution in [1.29, 1.82) is 0 Å². The highest BCUT2D eigenvalue weighted by atomic mass is 15.4. The van der Waals surface area contributed by atoms with Crippen LogP contribution in [0.15, 0.2) is 9.98 Å².